The Morgan fingerprint density at radius 3 is 3.00 bits per heavy atom. The van der Waals surface area contributed by atoms with Gasteiger partial charge in [-0.1, -0.05) is 0 Å². The van der Waals surface area contributed by atoms with Gasteiger partial charge >= 0.3 is 5.97 Å². The third-order valence-electron chi connectivity index (χ3n) is 1.68. The number of nitrogens with zero attached hydrogens (tertiary/aromatic N) is 4. The fraction of sp³-hybridized carbons (Fsp3) is 0. The SMILES string of the molecule is N#Cc1cn2cc(C(=O)O)nc2cn1. The molecule has 0 fully saturated rings. The van der Waals surface area contributed by atoms with E-state index < -0.39 is 5.97 Å². The van der Waals surface area contributed by atoms with Crippen LogP contribution in [0.5, 0.6) is 0 Å². The molecule has 0 saturated carbocycles. The Labute approximate surface area is 78.1 Å². The van der Waals surface area contributed by atoms with E-state index in [0.717, 1.165) is 0 Å². The molecular weight excluding hydrogens is 184 g/mol. The summed E-state index contributed by atoms with van der Waals surface area (Å²) in [6, 6.07) is 1.85. The summed E-state index contributed by atoms with van der Waals surface area (Å²) in [6.07, 6.45) is 4.11. The molecule has 0 saturated heterocycles. The van der Waals surface area contributed by atoms with Gasteiger partial charge in [0.05, 0.1) is 6.20 Å². The van der Waals surface area contributed by atoms with Gasteiger partial charge < -0.3 is 9.51 Å². The van der Waals surface area contributed by atoms with Crippen LogP contribution in [0.25, 0.3) is 5.65 Å². The van der Waals surface area contributed by atoms with Crippen LogP contribution in [0.3, 0.4) is 0 Å². The molecule has 14 heavy (non-hydrogen) atoms. The van der Waals surface area contributed by atoms with Crippen molar-refractivity contribution >= 4 is 11.6 Å². The highest BCUT2D eigenvalue weighted by Crippen LogP contribution is 2.04. The van der Waals surface area contributed by atoms with E-state index in [0.29, 0.717) is 5.65 Å². The average molecular weight is 188 g/mol. The molecule has 2 rings (SSSR count). The maximum atomic E-state index is 10.6. The van der Waals surface area contributed by atoms with Crippen molar-refractivity contribution in [2.24, 2.45) is 0 Å². The summed E-state index contributed by atoms with van der Waals surface area (Å²) in [5.41, 5.74) is 0.551. The molecule has 0 atom stereocenters. The first-order valence-electron chi connectivity index (χ1n) is 3.69. The van der Waals surface area contributed by atoms with E-state index in [4.69, 9.17) is 10.4 Å². The van der Waals surface area contributed by atoms with Crippen molar-refractivity contribution in [2.45, 2.75) is 0 Å². The zero-order valence-electron chi connectivity index (χ0n) is 6.88. The number of aromatic nitrogens is 3. The number of aromatic carboxylic acids is 1. The average Bonchev–Trinajstić information content (AvgIpc) is 2.59. The summed E-state index contributed by atoms with van der Waals surface area (Å²) in [5.74, 6) is -1.10. The van der Waals surface area contributed by atoms with Crippen molar-refractivity contribution in [1.29, 1.82) is 5.26 Å². The molecular formula is C8H4N4O2. The van der Waals surface area contributed by atoms with Gasteiger partial charge in [0, 0.05) is 12.4 Å². The quantitative estimate of drug-likeness (QED) is 0.694. The molecule has 0 spiro atoms. The lowest BCUT2D eigenvalue weighted by atomic mass is 10.5. The van der Waals surface area contributed by atoms with Crippen molar-refractivity contribution < 1.29 is 9.90 Å². The van der Waals surface area contributed by atoms with E-state index in [1.165, 1.54) is 23.0 Å². The minimum absolute atomic E-state index is 0.0677. The second kappa shape index (κ2) is 2.81. The Morgan fingerprint density at radius 1 is 1.57 bits per heavy atom. The minimum atomic E-state index is -1.10. The molecule has 0 bridgehead atoms. The molecule has 0 radical (unpaired) electrons. The van der Waals surface area contributed by atoms with Gasteiger partial charge in [-0.3, -0.25) is 0 Å². The Kier molecular flexibility index (Phi) is 1.65. The van der Waals surface area contributed by atoms with E-state index in [1.54, 1.807) is 0 Å². The van der Waals surface area contributed by atoms with Crippen molar-refractivity contribution in [3.05, 3.63) is 30.0 Å². The highest BCUT2D eigenvalue weighted by Gasteiger charge is 2.08. The molecule has 0 aromatic carbocycles. The monoisotopic (exact) mass is 188 g/mol. The number of fused-ring (bicyclic) bond motifs is 1. The van der Waals surface area contributed by atoms with Crippen LogP contribution in [-0.2, 0) is 0 Å². The lowest BCUT2D eigenvalue weighted by Gasteiger charge is -1.90. The Hall–Kier alpha value is -2.42. The smallest absolute Gasteiger partial charge is 0.356 e. The first-order valence-corrected chi connectivity index (χ1v) is 3.69. The standard InChI is InChI=1S/C8H4N4O2/c9-1-5-3-12-4-6(8(13)14)11-7(12)2-10-5/h2-4H,(H,13,14). The fourth-order valence-electron chi connectivity index (χ4n) is 1.06. The van der Waals surface area contributed by atoms with Crippen molar-refractivity contribution in [3.63, 3.8) is 0 Å². The van der Waals surface area contributed by atoms with Crippen LogP contribution in [0.4, 0.5) is 0 Å². The van der Waals surface area contributed by atoms with Crippen LogP contribution in [0.2, 0.25) is 0 Å². The van der Waals surface area contributed by atoms with Gasteiger partial charge in [-0.25, -0.2) is 14.8 Å². The van der Waals surface area contributed by atoms with Gasteiger partial charge in [-0.15, -0.1) is 0 Å². The molecule has 0 aliphatic carbocycles. The van der Waals surface area contributed by atoms with Crippen molar-refractivity contribution in [2.75, 3.05) is 0 Å². The lowest BCUT2D eigenvalue weighted by Crippen LogP contribution is -1.94. The summed E-state index contributed by atoms with van der Waals surface area (Å²) >= 11 is 0. The maximum absolute atomic E-state index is 10.6. The summed E-state index contributed by atoms with van der Waals surface area (Å²) in [7, 11) is 0. The molecule has 1 N–H and O–H groups in total. The first kappa shape index (κ1) is 8.19. The van der Waals surface area contributed by atoms with Crippen molar-refractivity contribution in [3.8, 4) is 6.07 Å². The molecule has 0 aliphatic heterocycles. The zero-order valence-corrected chi connectivity index (χ0v) is 6.88. The zero-order chi connectivity index (χ0) is 10.1. The second-order valence-electron chi connectivity index (χ2n) is 2.58. The van der Waals surface area contributed by atoms with Gasteiger partial charge in [-0.05, 0) is 0 Å². The number of hydrogen-bond donors (Lipinski definition) is 1. The Balaban J connectivity index is 2.67. The predicted octanol–water partition coefficient (Wildman–Crippen LogP) is 0.299. The Morgan fingerprint density at radius 2 is 2.36 bits per heavy atom. The second-order valence-corrected chi connectivity index (χ2v) is 2.58. The van der Waals surface area contributed by atoms with E-state index in [1.807, 2.05) is 6.07 Å². The molecule has 0 unspecified atom stereocenters. The maximum Gasteiger partial charge on any atom is 0.356 e. The minimum Gasteiger partial charge on any atom is -0.476 e. The molecule has 0 amide bonds. The molecule has 2 heterocycles. The predicted molar refractivity (Wildman–Crippen MR) is 44.7 cm³/mol. The van der Waals surface area contributed by atoms with Crippen LogP contribution < -0.4 is 0 Å². The highest BCUT2D eigenvalue weighted by molar-refractivity contribution is 5.86. The fourth-order valence-corrected chi connectivity index (χ4v) is 1.06. The number of carboxylic acids is 1. The Bertz CT molecular complexity index is 552. The van der Waals surface area contributed by atoms with E-state index in [-0.39, 0.29) is 11.4 Å². The molecule has 2 aromatic rings. The number of nitriles is 1. The van der Waals surface area contributed by atoms with Crippen molar-refractivity contribution in [1.82, 2.24) is 14.4 Å². The van der Waals surface area contributed by atoms with Crippen LogP contribution in [0.15, 0.2) is 18.6 Å². The largest absolute Gasteiger partial charge is 0.476 e. The van der Waals surface area contributed by atoms with E-state index in [2.05, 4.69) is 9.97 Å². The first-order chi connectivity index (χ1) is 6.70. The molecule has 6 nitrogen and oxygen atoms in total. The number of hydrogen-bond acceptors (Lipinski definition) is 4. The normalized spacial score (nSPS) is 9.93. The van der Waals surface area contributed by atoms with E-state index in [9.17, 15) is 4.79 Å². The summed E-state index contributed by atoms with van der Waals surface area (Å²) in [5, 5.41) is 17.2. The molecule has 2 aromatic heterocycles. The van der Waals surface area contributed by atoms with Crippen LogP contribution in [0, 0.1) is 11.3 Å². The highest BCUT2D eigenvalue weighted by atomic mass is 16.4. The lowest BCUT2D eigenvalue weighted by molar-refractivity contribution is 0.0691. The third-order valence-corrected chi connectivity index (χ3v) is 1.68. The summed E-state index contributed by atoms with van der Waals surface area (Å²) in [6.45, 7) is 0. The van der Waals surface area contributed by atoms with Gasteiger partial charge in [-0.2, -0.15) is 5.26 Å². The number of rotatable bonds is 1. The number of carbonyl (C=O) groups is 1. The van der Waals surface area contributed by atoms with Crippen LogP contribution in [0.1, 0.15) is 16.2 Å². The summed E-state index contributed by atoms with van der Waals surface area (Å²) < 4.78 is 1.45. The van der Waals surface area contributed by atoms with Gasteiger partial charge in [0.1, 0.15) is 6.07 Å². The molecule has 6 heteroatoms. The summed E-state index contributed by atoms with van der Waals surface area (Å²) in [4.78, 5) is 18.1. The van der Waals surface area contributed by atoms with Crippen LogP contribution >= 0.6 is 0 Å². The van der Waals surface area contributed by atoms with Gasteiger partial charge in [0.25, 0.3) is 0 Å². The molecule has 0 aliphatic rings. The third kappa shape index (κ3) is 1.17. The van der Waals surface area contributed by atoms with Gasteiger partial charge in [0.15, 0.2) is 17.0 Å². The molecule has 68 valence electrons. The van der Waals surface area contributed by atoms with E-state index >= 15 is 0 Å². The topological polar surface area (TPSA) is 91.3 Å². The van der Waals surface area contributed by atoms with Crippen LogP contribution in [-0.4, -0.2) is 25.4 Å². The number of imidazole rings is 1. The van der Waals surface area contributed by atoms with Gasteiger partial charge in [0.2, 0.25) is 0 Å². The number of carboxylic acid groups (broad SMARTS) is 1.